The van der Waals surface area contributed by atoms with Crippen molar-refractivity contribution in [3.05, 3.63) is 47.9 Å². The summed E-state index contributed by atoms with van der Waals surface area (Å²) in [5, 5.41) is 14.8. The molecule has 1 atom stereocenters. The molecule has 0 saturated carbocycles. The second kappa shape index (κ2) is 8.82. The zero-order valence-electron chi connectivity index (χ0n) is 16.1. The molecule has 1 aromatic carbocycles. The topological polar surface area (TPSA) is 119 Å². The summed E-state index contributed by atoms with van der Waals surface area (Å²) in [6, 6.07) is 9.22. The molecule has 0 aliphatic carbocycles. The first-order valence-corrected chi connectivity index (χ1v) is 9.50. The third-order valence-electron chi connectivity index (χ3n) is 4.52. The summed E-state index contributed by atoms with van der Waals surface area (Å²) in [6.07, 6.45) is 2.25. The van der Waals surface area contributed by atoms with E-state index in [9.17, 15) is 4.79 Å². The predicted octanol–water partition coefficient (Wildman–Crippen LogP) is 2.36. The molecule has 10 nitrogen and oxygen atoms in total. The van der Waals surface area contributed by atoms with Crippen LogP contribution in [0.25, 0.3) is 11.5 Å². The van der Waals surface area contributed by atoms with Gasteiger partial charge in [0.05, 0.1) is 0 Å². The molecule has 2 aromatic heterocycles. The molecular weight excluding hydrogens is 376 g/mol. The van der Waals surface area contributed by atoms with Crippen LogP contribution < -0.4 is 5.32 Å². The third-order valence-corrected chi connectivity index (χ3v) is 4.52. The van der Waals surface area contributed by atoms with E-state index in [1.165, 1.54) is 4.90 Å². The first kappa shape index (κ1) is 19.1. The molecule has 0 spiro atoms. The molecule has 152 valence electrons. The highest BCUT2D eigenvalue weighted by Crippen LogP contribution is 2.26. The first-order valence-electron chi connectivity index (χ1n) is 9.50. The van der Waals surface area contributed by atoms with Crippen molar-refractivity contribution < 1.29 is 18.5 Å². The van der Waals surface area contributed by atoms with Crippen molar-refractivity contribution in [3.8, 4) is 11.5 Å². The number of carbonyl (C=O) groups is 1. The van der Waals surface area contributed by atoms with E-state index in [1.807, 2.05) is 30.3 Å². The average molecular weight is 398 g/mol. The number of benzene rings is 1. The number of ether oxygens (including phenoxy) is 1. The monoisotopic (exact) mass is 398 g/mol. The van der Waals surface area contributed by atoms with Crippen LogP contribution in [0.2, 0.25) is 0 Å². The zero-order chi connectivity index (χ0) is 20.1. The van der Waals surface area contributed by atoms with Crippen LogP contribution in [0.1, 0.15) is 36.6 Å². The molecule has 0 bridgehead atoms. The van der Waals surface area contributed by atoms with Crippen LogP contribution in [0, 0.1) is 0 Å². The fourth-order valence-electron chi connectivity index (χ4n) is 2.98. The maximum Gasteiger partial charge on any atom is 0.317 e. The molecule has 1 fully saturated rings. The summed E-state index contributed by atoms with van der Waals surface area (Å²) < 4.78 is 16.4. The number of hydrogen-bond donors (Lipinski definition) is 1. The highest BCUT2D eigenvalue weighted by atomic mass is 16.5. The predicted molar refractivity (Wildman–Crippen MR) is 101 cm³/mol. The fourth-order valence-corrected chi connectivity index (χ4v) is 2.98. The van der Waals surface area contributed by atoms with Gasteiger partial charge in [0.1, 0.15) is 12.6 Å². The van der Waals surface area contributed by atoms with Gasteiger partial charge >= 0.3 is 6.03 Å². The molecule has 0 radical (unpaired) electrons. The SMILES string of the molecule is CN(Cc1nnc(-c2ccccc2)o1)C(=O)NCCc1noc([C@@H]2CCCO2)n1. The minimum atomic E-state index is -0.257. The molecule has 1 aliphatic rings. The number of carbonyl (C=O) groups excluding carboxylic acids is 1. The summed E-state index contributed by atoms with van der Waals surface area (Å²) in [6.45, 7) is 1.31. The van der Waals surface area contributed by atoms with Gasteiger partial charge in [0.25, 0.3) is 5.89 Å². The molecule has 1 N–H and O–H groups in total. The Bertz CT molecular complexity index is 935. The first-order chi connectivity index (χ1) is 14.2. The van der Waals surface area contributed by atoms with E-state index in [2.05, 4.69) is 25.7 Å². The number of aromatic nitrogens is 4. The zero-order valence-corrected chi connectivity index (χ0v) is 16.1. The largest absolute Gasteiger partial charge is 0.419 e. The molecule has 1 aliphatic heterocycles. The standard InChI is InChI=1S/C19H22N6O4/c1-25(12-16-22-23-17(28-16)13-6-3-2-4-7-13)19(26)20-10-9-15-21-18(29-24-15)14-8-5-11-27-14/h2-4,6-7,14H,5,8-12H2,1H3,(H,20,26)/t14-/m0/s1. The quantitative estimate of drug-likeness (QED) is 0.644. The van der Waals surface area contributed by atoms with E-state index in [-0.39, 0.29) is 18.7 Å². The minimum absolute atomic E-state index is 0.104. The van der Waals surface area contributed by atoms with Crippen molar-refractivity contribution in [2.75, 3.05) is 20.2 Å². The molecule has 2 amide bonds. The normalized spacial score (nSPS) is 16.1. The van der Waals surface area contributed by atoms with Gasteiger partial charge < -0.3 is 23.9 Å². The van der Waals surface area contributed by atoms with Gasteiger partial charge in [-0.2, -0.15) is 4.98 Å². The molecule has 29 heavy (non-hydrogen) atoms. The molecule has 3 heterocycles. The Hall–Kier alpha value is -3.27. The van der Waals surface area contributed by atoms with Gasteiger partial charge in [-0.15, -0.1) is 10.2 Å². The van der Waals surface area contributed by atoms with Crippen LogP contribution >= 0.6 is 0 Å². The van der Waals surface area contributed by atoms with E-state index in [4.69, 9.17) is 13.7 Å². The van der Waals surface area contributed by atoms with Gasteiger partial charge in [0, 0.05) is 32.2 Å². The highest BCUT2D eigenvalue weighted by Gasteiger charge is 2.23. The van der Waals surface area contributed by atoms with E-state index < -0.39 is 0 Å². The van der Waals surface area contributed by atoms with Crippen LogP contribution in [0.15, 0.2) is 39.3 Å². The Morgan fingerprint density at radius 3 is 2.93 bits per heavy atom. The number of amides is 2. The second-order valence-corrected chi connectivity index (χ2v) is 6.76. The van der Waals surface area contributed by atoms with E-state index in [0.717, 1.165) is 25.0 Å². The Labute approximate surface area is 167 Å². The van der Waals surface area contributed by atoms with Crippen molar-refractivity contribution >= 4 is 6.03 Å². The lowest BCUT2D eigenvalue weighted by Crippen LogP contribution is -2.37. The highest BCUT2D eigenvalue weighted by molar-refractivity contribution is 5.73. The number of nitrogens with one attached hydrogen (secondary N) is 1. The lowest BCUT2D eigenvalue weighted by atomic mass is 10.2. The summed E-state index contributed by atoms with van der Waals surface area (Å²) in [7, 11) is 1.66. The number of rotatable bonds is 7. The minimum Gasteiger partial charge on any atom is -0.419 e. The maximum atomic E-state index is 12.3. The van der Waals surface area contributed by atoms with Gasteiger partial charge in [-0.05, 0) is 25.0 Å². The van der Waals surface area contributed by atoms with Gasteiger partial charge in [-0.25, -0.2) is 4.79 Å². The third kappa shape index (κ3) is 4.77. The van der Waals surface area contributed by atoms with Crippen molar-refractivity contribution in [2.45, 2.75) is 31.9 Å². The molecule has 10 heteroatoms. The van der Waals surface area contributed by atoms with Crippen LogP contribution in [0.3, 0.4) is 0 Å². The van der Waals surface area contributed by atoms with Gasteiger partial charge in [-0.1, -0.05) is 23.4 Å². The maximum absolute atomic E-state index is 12.3. The molecule has 1 saturated heterocycles. The van der Waals surface area contributed by atoms with Crippen LogP contribution in [-0.4, -0.2) is 51.5 Å². The lowest BCUT2D eigenvalue weighted by molar-refractivity contribution is 0.0835. The average Bonchev–Trinajstić information content (AvgIpc) is 3.50. The molecule has 4 rings (SSSR count). The number of urea groups is 1. The summed E-state index contributed by atoms with van der Waals surface area (Å²) in [4.78, 5) is 18.1. The van der Waals surface area contributed by atoms with Crippen molar-refractivity contribution in [3.63, 3.8) is 0 Å². The molecule has 0 unspecified atom stereocenters. The van der Waals surface area contributed by atoms with Crippen LogP contribution in [0.5, 0.6) is 0 Å². The summed E-state index contributed by atoms with van der Waals surface area (Å²) in [5.74, 6) is 1.84. The van der Waals surface area contributed by atoms with Crippen LogP contribution in [-0.2, 0) is 17.7 Å². The van der Waals surface area contributed by atoms with E-state index >= 15 is 0 Å². The van der Waals surface area contributed by atoms with E-state index in [0.29, 0.717) is 36.5 Å². The summed E-state index contributed by atoms with van der Waals surface area (Å²) >= 11 is 0. The Morgan fingerprint density at radius 2 is 2.14 bits per heavy atom. The Kier molecular flexibility index (Phi) is 5.80. The lowest BCUT2D eigenvalue weighted by Gasteiger charge is -2.15. The van der Waals surface area contributed by atoms with Gasteiger partial charge in [0.15, 0.2) is 5.82 Å². The Morgan fingerprint density at radius 1 is 1.28 bits per heavy atom. The second-order valence-electron chi connectivity index (χ2n) is 6.76. The van der Waals surface area contributed by atoms with Gasteiger partial charge in [-0.3, -0.25) is 0 Å². The van der Waals surface area contributed by atoms with Gasteiger partial charge in [0.2, 0.25) is 11.8 Å². The Balaban J connectivity index is 1.23. The number of hydrogen-bond acceptors (Lipinski definition) is 8. The number of nitrogens with zero attached hydrogens (tertiary/aromatic N) is 5. The smallest absolute Gasteiger partial charge is 0.317 e. The van der Waals surface area contributed by atoms with Crippen molar-refractivity contribution in [1.82, 2.24) is 30.6 Å². The molecule has 3 aromatic rings. The van der Waals surface area contributed by atoms with Crippen LogP contribution in [0.4, 0.5) is 4.79 Å². The molecular formula is C19H22N6O4. The van der Waals surface area contributed by atoms with Crippen molar-refractivity contribution in [1.29, 1.82) is 0 Å². The van der Waals surface area contributed by atoms with Crippen molar-refractivity contribution in [2.24, 2.45) is 0 Å². The fraction of sp³-hybridized carbons (Fsp3) is 0.421. The van der Waals surface area contributed by atoms with E-state index in [1.54, 1.807) is 7.05 Å². The summed E-state index contributed by atoms with van der Waals surface area (Å²) in [5.41, 5.74) is 0.834.